The molecule has 0 amide bonds. The smallest absolute Gasteiger partial charge is 0.212 e. The quantitative estimate of drug-likeness (QED) is 0.801. The van der Waals surface area contributed by atoms with Gasteiger partial charge in [0.25, 0.3) is 0 Å². The second-order valence-electron chi connectivity index (χ2n) is 4.16. The number of hydrogen-bond donors (Lipinski definition) is 0. The van der Waals surface area contributed by atoms with Gasteiger partial charge in [-0.2, -0.15) is 0 Å². The van der Waals surface area contributed by atoms with Gasteiger partial charge in [0.2, 0.25) is 20.0 Å². The van der Waals surface area contributed by atoms with E-state index in [-0.39, 0.29) is 12.3 Å². The topological polar surface area (TPSA) is 71.5 Å². The number of rotatable bonds is 2. The maximum atomic E-state index is 11.7. The molecular formula is C11H13NO4S2. The summed E-state index contributed by atoms with van der Waals surface area (Å²) < 4.78 is 46.7. The molecule has 7 heteroatoms. The first-order valence-electron chi connectivity index (χ1n) is 5.24. The Bertz CT molecular complexity index is 675. The minimum absolute atomic E-state index is 0.0872. The van der Waals surface area contributed by atoms with E-state index in [4.69, 9.17) is 0 Å². The van der Waals surface area contributed by atoms with Gasteiger partial charge in [0.05, 0.1) is 18.6 Å². The first kappa shape index (κ1) is 13.3. The van der Waals surface area contributed by atoms with Crippen molar-refractivity contribution in [1.29, 1.82) is 0 Å². The number of hydrogen-bond acceptors (Lipinski definition) is 4. The maximum Gasteiger partial charge on any atom is 0.231 e. The Morgan fingerprint density at radius 1 is 1.22 bits per heavy atom. The van der Waals surface area contributed by atoms with Crippen molar-refractivity contribution in [3.8, 4) is 0 Å². The van der Waals surface area contributed by atoms with Crippen molar-refractivity contribution >= 4 is 26.1 Å². The molecule has 1 heterocycles. The van der Waals surface area contributed by atoms with Gasteiger partial charge in [0.1, 0.15) is 0 Å². The van der Waals surface area contributed by atoms with Crippen LogP contribution in [0.25, 0.3) is 6.08 Å². The Kier molecular flexibility index (Phi) is 3.31. The third-order valence-electron chi connectivity index (χ3n) is 2.55. The summed E-state index contributed by atoms with van der Waals surface area (Å²) >= 11 is 0. The zero-order chi connectivity index (χ0) is 13.4. The molecule has 1 fully saturated rings. The molecule has 98 valence electrons. The van der Waals surface area contributed by atoms with Gasteiger partial charge in [0.15, 0.2) is 0 Å². The Morgan fingerprint density at radius 2 is 1.83 bits per heavy atom. The van der Waals surface area contributed by atoms with Crippen molar-refractivity contribution < 1.29 is 16.8 Å². The molecule has 0 saturated carbocycles. The van der Waals surface area contributed by atoms with E-state index < -0.39 is 20.0 Å². The van der Waals surface area contributed by atoms with E-state index in [1.807, 2.05) is 30.3 Å². The Morgan fingerprint density at radius 3 is 2.33 bits per heavy atom. The highest BCUT2D eigenvalue weighted by Crippen LogP contribution is 2.23. The van der Waals surface area contributed by atoms with E-state index in [0.29, 0.717) is 9.28 Å². The summed E-state index contributed by atoms with van der Waals surface area (Å²) in [6.07, 6.45) is 2.61. The molecule has 0 aromatic heterocycles. The van der Waals surface area contributed by atoms with Crippen LogP contribution >= 0.6 is 0 Å². The molecule has 0 bridgehead atoms. The van der Waals surface area contributed by atoms with Crippen LogP contribution in [-0.4, -0.2) is 39.1 Å². The first-order chi connectivity index (χ1) is 8.29. The summed E-state index contributed by atoms with van der Waals surface area (Å²) in [5.74, 6) is -0.241. The van der Waals surface area contributed by atoms with Crippen LogP contribution in [0.3, 0.4) is 0 Å². The van der Waals surface area contributed by atoms with Crippen LogP contribution in [-0.2, 0) is 20.0 Å². The summed E-state index contributed by atoms with van der Waals surface area (Å²) in [5.41, 5.74) is 1.43. The zero-order valence-electron chi connectivity index (χ0n) is 9.78. The average Bonchev–Trinajstić information content (AvgIpc) is 2.54. The number of nitrogens with zero attached hydrogens (tertiary/aromatic N) is 1. The van der Waals surface area contributed by atoms with Crippen molar-refractivity contribution in [2.75, 3.05) is 18.6 Å². The summed E-state index contributed by atoms with van der Waals surface area (Å²) in [4.78, 5) is 0. The van der Waals surface area contributed by atoms with Gasteiger partial charge >= 0.3 is 0 Å². The van der Waals surface area contributed by atoms with Crippen molar-refractivity contribution in [2.24, 2.45) is 0 Å². The summed E-state index contributed by atoms with van der Waals surface area (Å²) in [5, 5.41) is 0. The maximum absolute atomic E-state index is 11.7. The van der Waals surface area contributed by atoms with Gasteiger partial charge in [-0.1, -0.05) is 40.1 Å². The van der Waals surface area contributed by atoms with Crippen LogP contribution < -0.4 is 0 Å². The van der Waals surface area contributed by atoms with Crippen LogP contribution in [0.2, 0.25) is 0 Å². The van der Waals surface area contributed by atoms with E-state index in [9.17, 15) is 16.8 Å². The molecule has 0 unspecified atom stereocenters. The average molecular weight is 287 g/mol. The largest absolute Gasteiger partial charge is 0.231 e. The molecule has 0 N–H and O–H groups in total. The monoisotopic (exact) mass is 287 g/mol. The van der Waals surface area contributed by atoms with Gasteiger partial charge in [-0.05, 0) is 11.1 Å². The fraction of sp³-hybridized carbons (Fsp3) is 0.273. The third-order valence-corrected chi connectivity index (χ3v) is 6.40. The predicted molar refractivity (Wildman–Crippen MR) is 69.8 cm³/mol. The lowest BCUT2D eigenvalue weighted by Crippen LogP contribution is -2.31. The highest BCUT2D eigenvalue weighted by Gasteiger charge is 2.38. The summed E-state index contributed by atoms with van der Waals surface area (Å²) in [6, 6.07) is 9.20. The number of sulfonamides is 2. The van der Waals surface area contributed by atoms with Gasteiger partial charge < -0.3 is 0 Å². The highest BCUT2D eigenvalue weighted by atomic mass is 32.3. The van der Waals surface area contributed by atoms with Crippen LogP contribution in [0, 0.1) is 0 Å². The highest BCUT2D eigenvalue weighted by molar-refractivity contribution is 8.04. The third kappa shape index (κ3) is 2.80. The fourth-order valence-corrected chi connectivity index (χ4v) is 5.17. The first-order valence-corrected chi connectivity index (χ1v) is 8.70. The van der Waals surface area contributed by atoms with Gasteiger partial charge in [-0.25, -0.2) is 16.8 Å². The lowest BCUT2D eigenvalue weighted by Gasteiger charge is -2.09. The lowest BCUT2D eigenvalue weighted by molar-refractivity contribution is 0.529. The second-order valence-corrected chi connectivity index (χ2v) is 8.19. The molecular weight excluding hydrogens is 274 g/mol. The standard InChI is InChI=1S/C11H13NO4S2/c1-17(13,14)12-8-11(9-18(12,15)16)7-10-5-3-2-4-6-10/h2-7H,8-9H2,1H3/b11-7-. The van der Waals surface area contributed by atoms with E-state index in [1.54, 1.807) is 6.08 Å². The molecule has 0 radical (unpaired) electrons. The van der Waals surface area contributed by atoms with E-state index >= 15 is 0 Å². The molecule has 1 aliphatic heterocycles. The normalized spacial score (nSPS) is 22.4. The van der Waals surface area contributed by atoms with Crippen molar-refractivity contribution in [1.82, 2.24) is 3.71 Å². The van der Waals surface area contributed by atoms with E-state index in [1.165, 1.54) is 0 Å². The molecule has 1 aromatic rings. The van der Waals surface area contributed by atoms with Crippen LogP contribution in [0.15, 0.2) is 35.9 Å². The Hall–Kier alpha value is -1.18. The predicted octanol–water partition coefficient (Wildman–Crippen LogP) is 0.675. The van der Waals surface area contributed by atoms with Crippen LogP contribution in [0.5, 0.6) is 0 Å². The minimum Gasteiger partial charge on any atom is -0.212 e. The molecule has 0 aliphatic carbocycles. The van der Waals surface area contributed by atoms with Crippen LogP contribution in [0.1, 0.15) is 5.56 Å². The molecule has 0 spiro atoms. The van der Waals surface area contributed by atoms with Gasteiger partial charge in [-0.15, -0.1) is 0 Å². The SMILES string of the molecule is CS(=O)(=O)N1C/C(=C/c2ccccc2)CS1(=O)=O. The van der Waals surface area contributed by atoms with Crippen molar-refractivity contribution in [3.05, 3.63) is 41.5 Å². The molecule has 1 saturated heterocycles. The molecule has 1 aromatic carbocycles. The Labute approximate surface area is 107 Å². The van der Waals surface area contributed by atoms with Crippen molar-refractivity contribution in [3.63, 3.8) is 0 Å². The van der Waals surface area contributed by atoms with E-state index in [2.05, 4.69) is 0 Å². The summed E-state index contributed by atoms with van der Waals surface area (Å²) in [6.45, 7) is -0.0872. The van der Waals surface area contributed by atoms with Gasteiger partial charge in [0, 0.05) is 0 Å². The molecule has 5 nitrogen and oxygen atoms in total. The second kappa shape index (κ2) is 4.49. The lowest BCUT2D eigenvalue weighted by atomic mass is 10.1. The van der Waals surface area contributed by atoms with Crippen LogP contribution in [0.4, 0.5) is 0 Å². The molecule has 0 atom stereocenters. The molecule has 2 rings (SSSR count). The van der Waals surface area contributed by atoms with Crippen molar-refractivity contribution in [2.45, 2.75) is 0 Å². The fourth-order valence-electron chi connectivity index (χ4n) is 1.81. The van der Waals surface area contributed by atoms with E-state index in [0.717, 1.165) is 11.8 Å². The molecule has 18 heavy (non-hydrogen) atoms. The minimum atomic E-state index is -3.74. The Balaban J connectivity index is 2.35. The van der Waals surface area contributed by atoms with Gasteiger partial charge in [-0.3, -0.25) is 0 Å². The zero-order valence-corrected chi connectivity index (χ0v) is 11.4. The molecule has 1 aliphatic rings. The summed E-state index contributed by atoms with van der Waals surface area (Å²) in [7, 11) is -7.47. The number of benzene rings is 1.